The van der Waals surface area contributed by atoms with Gasteiger partial charge in [-0.3, -0.25) is 4.68 Å². The van der Waals surface area contributed by atoms with Crippen molar-refractivity contribution in [1.29, 1.82) is 5.26 Å². The van der Waals surface area contributed by atoms with Crippen LogP contribution in [0, 0.1) is 11.3 Å². The minimum atomic E-state index is -0.392. The molecule has 0 aliphatic carbocycles. The molecule has 138 valence electrons. The molecule has 0 spiro atoms. The van der Waals surface area contributed by atoms with Crippen molar-refractivity contribution < 1.29 is 9.53 Å². The molecule has 0 bridgehead atoms. The summed E-state index contributed by atoms with van der Waals surface area (Å²) < 4.78 is 7.28. The van der Waals surface area contributed by atoms with Gasteiger partial charge in [-0.2, -0.15) is 10.4 Å². The summed E-state index contributed by atoms with van der Waals surface area (Å²) in [6.45, 7) is 0. The maximum absolute atomic E-state index is 12.0. The van der Waals surface area contributed by atoms with Crippen molar-refractivity contribution in [2.75, 3.05) is 7.11 Å². The van der Waals surface area contributed by atoms with Crippen LogP contribution in [-0.2, 0) is 11.8 Å². The maximum Gasteiger partial charge on any atom is 0.349 e. The normalized spacial score (nSPS) is 10.8. The third kappa shape index (κ3) is 2.91. The quantitative estimate of drug-likeness (QED) is 0.391. The molecule has 2 heterocycles. The summed E-state index contributed by atoms with van der Waals surface area (Å²) in [5.41, 5.74) is 3.09. The molecule has 2 aromatic carbocycles. The number of aryl methyl sites for hydroxylation is 1. The van der Waals surface area contributed by atoms with E-state index in [1.165, 1.54) is 18.4 Å². The van der Waals surface area contributed by atoms with Gasteiger partial charge in [-0.1, -0.05) is 36.4 Å². The first-order valence-electron chi connectivity index (χ1n) is 8.37. The smallest absolute Gasteiger partial charge is 0.349 e. The predicted octanol–water partition coefficient (Wildman–Crippen LogP) is 5.39. The number of thiophene rings is 1. The second-order valence-electron chi connectivity index (χ2n) is 6.13. The highest BCUT2D eigenvalue weighted by atomic mass is 79.9. The molecule has 0 amide bonds. The molecule has 5 nitrogen and oxygen atoms in total. The van der Waals surface area contributed by atoms with E-state index in [-0.39, 0.29) is 0 Å². The molecule has 0 atom stereocenters. The van der Waals surface area contributed by atoms with E-state index in [0.717, 1.165) is 32.5 Å². The van der Waals surface area contributed by atoms with E-state index in [1.807, 2.05) is 49.5 Å². The fourth-order valence-electron chi connectivity index (χ4n) is 3.26. The number of methoxy groups -OCH3 is 1. The van der Waals surface area contributed by atoms with Gasteiger partial charge in [-0.15, -0.1) is 11.3 Å². The standard InChI is InChI=1S/C21H14BrN3O2S/c1-25-19(14-8-7-12-5-3-4-6-13(12)15(14)10-23)16(11-24-25)18-9-17(22)20(28-18)21(26)27-2/h3-9,11H,1-2H3. The van der Waals surface area contributed by atoms with E-state index in [0.29, 0.717) is 14.9 Å². The molecule has 0 aliphatic rings. The first-order valence-corrected chi connectivity index (χ1v) is 9.98. The molecule has 0 fully saturated rings. The zero-order chi connectivity index (χ0) is 19.8. The number of nitriles is 1. The Hall–Kier alpha value is -2.95. The Bertz CT molecular complexity index is 1270. The number of nitrogens with zero attached hydrogens (tertiary/aromatic N) is 3. The molecular weight excluding hydrogens is 438 g/mol. The van der Waals surface area contributed by atoms with Crippen LogP contribution in [0.15, 0.2) is 53.1 Å². The van der Waals surface area contributed by atoms with Crippen molar-refractivity contribution in [3.05, 3.63) is 63.6 Å². The molecule has 4 rings (SSSR count). The van der Waals surface area contributed by atoms with Gasteiger partial charge in [-0.25, -0.2) is 4.79 Å². The van der Waals surface area contributed by atoms with Gasteiger partial charge in [0.25, 0.3) is 0 Å². The predicted molar refractivity (Wildman–Crippen MR) is 113 cm³/mol. The maximum atomic E-state index is 12.0. The number of ether oxygens (including phenoxy) is 1. The van der Waals surface area contributed by atoms with E-state index in [9.17, 15) is 10.1 Å². The monoisotopic (exact) mass is 451 g/mol. The van der Waals surface area contributed by atoms with Crippen molar-refractivity contribution in [3.8, 4) is 27.8 Å². The number of halogens is 1. The van der Waals surface area contributed by atoms with Crippen molar-refractivity contribution in [2.45, 2.75) is 0 Å². The van der Waals surface area contributed by atoms with E-state index >= 15 is 0 Å². The molecule has 0 saturated heterocycles. The fraction of sp³-hybridized carbons (Fsp3) is 0.0952. The van der Waals surface area contributed by atoms with Gasteiger partial charge in [0, 0.05) is 32.9 Å². The van der Waals surface area contributed by atoms with E-state index in [4.69, 9.17) is 4.74 Å². The molecule has 4 aromatic rings. The largest absolute Gasteiger partial charge is 0.465 e. The zero-order valence-corrected chi connectivity index (χ0v) is 17.5. The number of carbonyl (C=O) groups excluding carboxylic acids is 1. The van der Waals surface area contributed by atoms with Crippen molar-refractivity contribution in [3.63, 3.8) is 0 Å². The van der Waals surface area contributed by atoms with E-state index < -0.39 is 5.97 Å². The number of hydrogen-bond acceptors (Lipinski definition) is 5. The summed E-state index contributed by atoms with van der Waals surface area (Å²) in [7, 11) is 3.21. The van der Waals surface area contributed by atoms with Crippen LogP contribution in [-0.4, -0.2) is 22.9 Å². The molecule has 0 radical (unpaired) electrons. The van der Waals surface area contributed by atoms with Gasteiger partial charge in [0.2, 0.25) is 0 Å². The Morgan fingerprint density at radius 1 is 1.25 bits per heavy atom. The third-order valence-corrected chi connectivity index (χ3v) is 6.59. The molecule has 0 aliphatic heterocycles. The Morgan fingerprint density at radius 2 is 2.04 bits per heavy atom. The van der Waals surface area contributed by atoms with Gasteiger partial charge in [0.05, 0.1) is 24.6 Å². The lowest BCUT2D eigenvalue weighted by atomic mass is 9.96. The molecule has 0 N–H and O–H groups in total. The summed E-state index contributed by atoms with van der Waals surface area (Å²) in [6.07, 6.45) is 1.75. The number of carbonyl (C=O) groups is 1. The van der Waals surface area contributed by atoms with Crippen LogP contribution >= 0.6 is 27.3 Å². The van der Waals surface area contributed by atoms with Crippen molar-refractivity contribution in [1.82, 2.24) is 9.78 Å². The highest BCUT2D eigenvalue weighted by Crippen LogP contribution is 2.41. The Balaban J connectivity index is 1.95. The summed E-state index contributed by atoms with van der Waals surface area (Å²) >= 11 is 4.76. The lowest BCUT2D eigenvalue weighted by molar-refractivity contribution is 0.0605. The molecule has 0 unspecified atom stereocenters. The molecular formula is C21H14BrN3O2S. The topological polar surface area (TPSA) is 67.9 Å². The summed E-state index contributed by atoms with van der Waals surface area (Å²) in [5.74, 6) is -0.392. The first-order chi connectivity index (χ1) is 13.5. The average Bonchev–Trinajstić information content (AvgIpc) is 3.28. The minimum Gasteiger partial charge on any atom is -0.465 e. The number of hydrogen-bond donors (Lipinski definition) is 0. The van der Waals surface area contributed by atoms with Gasteiger partial charge in [0.15, 0.2) is 0 Å². The van der Waals surface area contributed by atoms with E-state index in [1.54, 1.807) is 10.9 Å². The lowest BCUT2D eigenvalue weighted by Crippen LogP contribution is -1.98. The van der Waals surface area contributed by atoms with Crippen LogP contribution < -0.4 is 0 Å². The van der Waals surface area contributed by atoms with Crippen LogP contribution in [0.5, 0.6) is 0 Å². The molecule has 28 heavy (non-hydrogen) atoms. The Labute approximate surface area is 173 Å². The number of fused-ring (bicyclic) bond motifs is 1. The number of benzene rings is 2. The fourth-order valence-corrected chi connectivity index (χ4v) is 5.02. The van der Waals surface area contributed by atoms with Crippen LogP contribution in [0.2, 0.25) is 0 Å². The van der Waals surface area contributed by atoms with E-state index in [2.05, 4.69) is 27.1 Å². The highest BCUT2D eigenvalue weighted by molar-refractivity contribution is 9.10. The zero-order valence-electron chi connectivity index (χ0n) is 15.1. The minimum absolute atomic E-state index is 0.392. The second-order valence-corrected chi connectivity index (χ2v) is 8.04. The number of aromatic nitrogens is 2. The molecule has 2 aromatic heterocycles. The third-order valence-electron chi connectivity index (χ3n) is 4.56. The van der Waals surface area contributed by atoms with Crippen LogP contribution in [0.4, 0.5) is 0 Å². The van der Waals surface area contributed by atoms with Gasteiger partial charge in [0.1, 0.15) is 10.9 Å². The second kappa shape index (κ2) is 7.23. The van der Waals surface area contributed by atoms with Crippen LogP contribution in [0.3, 0.4) is 0 Å². The Morgan fingerprint density at radius 3 is 2.79 bits per heavy atom. The molecule has 0 saturated carbocycles. The van der Waals surface area contributed by atoms with Gasteiger partial charge >= 0.3 is 5.97 Å². The van der Waals surface area contributed by atoms with Crippen molar-refractivity contribution >= 4 is 44.0 Å². The molecule has 7 heteroatoms. The summed E-state index contributed by atoms with van der Waals surface area (Å²) in [5, 5.41) is 16.2. The van der Waals surface area contributed by atoms with Crippen LogP contribution in [0.25, 0.3) is 32.5 Å². The lowest BCUT2D eigenvalue weighted by Gasteiger charge is -2.10. The van der Waals surface area contributed by atoms with Gasteiger partial charge < -0.3 is 4.74 Å². The number of rotatable bonds is 3. The number of esters is 1. The summed E-state index contributed by atoms with van der Waals surface area (Å²) in [4.78, 5) is 13.3. The highest BCUT2D eigenvalue weighted by Gasteiger charge is 2.22. The summed E-state index contributed by atoms with van der Waals surface area (Å²) in [6, 6.07) is 16.0. The first kappa shape index (κ1) is 18.4. The van der Waals surface area contributed by atoms with Gasteiger partial charge in [-0.05, 0) is 27.4 Å². The average molecular weight is 452 g/mol. The Kier molecular flexibility index (Phi) is 4.75. The van der Waals surface area contributed by atoms with Crippen molar-refractivity contribution in [2.24, 2.45) is 7.05 Å². The van der Waals surface area contributed by atoms with Crippen LogP contribution in [0.1, 0.15) is 15.2 Å². The SMILES string of the molecule is COC(=O)c1sc(-c2cnn(C)c2-c2ccc3ccccc3c2C#N)cc1Br.